The van der Waals surface area contributed by atoms with Crippen molar-refractivity contribution in [2.75, 3.05) is 0 Å². The zero-order valence-electron chi connectivity index (χ0n) is 21.3. The number of hydrogen-bond acceptors (Lipinski definition) is 6. The van der Waals surface area contributed by atoms with Gasteiger partial charge in [-0.3, -0.25) is 4.40 Å². The highest BCUT2D eigenvalue weighted by molar-refractivity contribution is 5.94. The lowest BCUT2D eigenvalue weighted by molar-refractivity contribution is -0.290. The summed E-state index contributed by atoms with van der Waals surface area (Å²) in [6.07, 6.45) is -4.18. The molecule has 0 fully saturated rings. The van der Waals surface area contributed by atoms with E-state index in [2.05, 4.69) is 20.2 Å². The summed E-state index contributed by atoms with van der Waals surface area (Å²) in [6, 6.07) is 10.0. The lowest BCUT2D eigenvalue weighted by atomic mass is 9.98. The van der Waals surface area contributed by atoms with E-state index in [0.29, 0.717) is 16.5 Å². The molecule has 4 heterocycles. The minimum atomic E-state index is -5.85. The third-order valence-electron chi connectivity index (χ3n) is 5.36. The molecule has 0 aliphatic heterocycles. The lowest BCUT2D eigenvalue weighted by Gasteiger charge is -2.21. The molecule has 38 heavy (non-hydrogen) atoms. The Morgan fingerprint density at radius 1 is 0.921 bits per heavy atom. The van der Waals surface area contributed by atoms with Crippen molar-refractivity contribution in [3.05, 3.63) is 66.3 Å². The molecule has 202 valence electrons. The predicted molar refractivity (Wildman–Crippen MR) is 132 cm³/mol. The van der Waals surface area contributed by atoms with Crippen LogP contribution < -0.4 is 0 Å². The Labute approximate surface area is 215 Å². The first-order chi connectivity index (χ1) is 18.1. The van der Waals surface area contributed by atoms with Crippen LogP contribution in [0.5, 0.6) is 0 Å². The average Bonchev–Trinajstić information content (AvgIpc) is 3.60. The number of fused-ring (bicyclic) bond motifs is 3. The van der Waals surface area contributed by atoms with Crippen LogP contribution in [0.3, 0.4) is 0 Å². The molecule has 1 unspecified atom stereocenters. The van der Waals surface area contributed by atoms with Gasteiger partial charge in [-0.05, 0) is 41.8 Å². The van der Waals surface area contributed by atoms with Gasteiger partial charge in [0.15, 0.2) is 0 Å². The summed E-state index contributed by atoms with van der Waals surface area (Å²) in [5.41, 5.74) is -0.152. The van der Waals surface area contributed by atoms with Crippen LogP contribution in [0.1, 0.15) is 52.0 Å². The molecular formula is C26H26F5N5O2. The van der Waals surface area contributed by atoms with Gasteiger partial charge < -0.3 is 9.52 Å². The van der Waals surface area contributed by atoms with Crippen molar-refractivity contribution in [2.24, 2.45) is 0 Å². The first kappa shape index (κ1) is 28.6. The van der Waals surface area contributed by atoms with Crippen molar-refractivity contribution in [3.63, 3.8) is 0 Å². The second-order valence-corrected chi connectivity index (χ2v) is 7.59. The van der Waals surface area contributed by atoms with Crippen molar-refractivity contribution >= 4 is 16.7 Å². The first-order valence-corrected chi connectivity index (χ1v) is 11.9. The van der Waals surface area contributed by atoms with Crippen LogP contribution >= 0.6 is 0 Å². The molecule has 0 radical (unpaired) electrons. The van der Waals surface area contributed by atoms with Gasteiger partial charge in [0.25, 0.3) is 5.89 Å². The van der Waals surface area contributed by atoms with Crippen molar-refractivity contribution in [1.29, 1.82) is 0 Å². The number of rotatable bonds is 4. The topological polar surface area (TPSA) is 89.3 Å². The number of hydrogen-bond donors (Lipinski definition) is 1. The van der Waals surface area contributed by atoms with Crippen LogP contribution in [0.15, 0.2) is 59.5 Å². The second-order valence-electron chi connectivity index (χ2n) is 7.59. The zero-order valence-corrected chi connectivity index (χ0v) is 21.3. The summed E-state index contributed by atoms with van der Waals surface area (Å²) in [5, 5.41) is 17.3. The van der Waals surface area contributed by atoms with Crippen LogP contribution in [-0.4, -0.2) is 35.8 Å². The van der Waals surface area contributed by atoms with E-state index < -0.39 is 23.9 Å². The fraction of sp³-hybridized carbons (Fsp3) is 0.308. The van der Waals surface area contributed by atoms with Gasteiger partial charge in [-0.25, -0.2) is 9.97 Å². The molecule has 0 saturated heterocycles. The summed E-state index contributed by atoms with van der Waals surface area (Å²) in [5.74, 6) is -5.16. The fourth-order valence-electron chi connectivity index (χ4n) is 3.60. The first-order valence-electron chi connectivity index (χ1n) is 11.9. The van der Waals surface area contributed by atoms with Gasteiger partial charge in [0.2, 0.25) is 6.39 Å². The maximum atomic E-state index is 14.4. The Morgan fingerprint density at radius 2 is 1.58 bits per heavy atom. The molecule has 0 amide bonds. The number of benzene rings is 1. The largest absolute Gasteiger partial charge is 0.459 e. The fourth-order valence-corrected chi connectivity index (χ4v) is 3.60. The molecule has 12 heteroatoms. The number of alkyl halides is 5. The van der Waals surface area contributed by atoms with E-state index in [0.717, 1.165) is 12.5 Å². The molecule has 0 spiro atoms. The van der Waals surface area contributed by atoms with Crippen molar-refractivity contribution in [2.45, 2.75) is 52.8 Å². The van der Waals surface area contributed by atoms with Crippen LogP contribution in [-0.2, 0) is 5.92 Å². The zero-order chi connectivity index (χ0) is 28.3. The van der Waals surface area contributed by atoms with Crippen LogP contribution in [0.4, 0.5) is 22.0 Å². The van der Waals surface area contributed by atoms with Gasteiger partial charge >= 0.3 is 12.1 Å². The number of halogens is 5. The quantitative estimate of drug-likeness (QED) is 0.242. The normalized spacial score (nSPS) is 12.5. The second kappa shape index (κ2) is 11.2. The van der Waals surface area contributed by atoms with Gasteiger partial charge in [-0.2, -0.15) is 22.0 Å². The molecule has 1 N–H and O–H groups in total. The molecule has 0 aliphatic carbocycles. The molecule has 5 aromatic rings. The molecule has 4 aromatic heterocycles. The van der Waals surface area contributed by atoms with Crippen molar-refractivity contribution in [3.8, 4) is 22.7 Å². The average molecular weight is 536 g/mol. The molecule has 0 saturated carbocycles. The number of nitrogens with zero attached hydrogens (tertiary/aromatic N) is 5. The van der Waals surface area contributed by atoms with Crippen LogP contribution in [0.2, 0.25) is 0 Å². The third kappa shape index (κ3) is 5.21. The molecule has 0 aliphatic rings. The van der Waals surface area contributed by atoms with E-state index in [4.69, 9.17) is 4.42 Å². The van der Waals surface area contributed by atoms with E-state index in [1.807, 2.05) is 27.7 Å². The van der Waals surface area contributed by atoms with E-state index in [9.17, 15) is 27.1 Å². The summed E-state index contributed by atoms with van der Waals surface area (Å²) in [6.45, 7) is 9.55. The number of pyridine rings is 2. The maximum Gasteiger partial charge on any atom is 0.459 e. The molecule has 1 atom stereocenters. The molecular weight excluding hydrogens is 509 g/mol. The summed E-state index contributed by atoms with van der Waals surface area (Å²) < 4.78 is 74.9. The minimum absolute atomic E-state index is 0.0440. The number of aliphatic hydroxyl groups is 1. The predicted octanol–water partition coefficient (Wildman–Crippen LogP) is 7.36. The summed E-state index contributed by atoms with van der Waals surface area (Å²) >= 11 is 0. The van der Waals surface area contributed by atoms with E-state index in [1.165, 1.54) is 28.8 Å². The highest BCUT2D eigenvalue weighted by atomic mass is 19.4. The smallest absolute Gasteiger partial charge is 0.422 e. The highest BCUT2D eigenvalue weighted by Crippen LogP contribution is 2.45. The number of imidazole rings is 1. The Morgan fingerprint density at radius 3 is 2.13 bits per heavy atom. The van der Waals surface area contributed by atoms with Crippen molar-refractivity contribution < 1.29 is 31.5 Å². The highest BCUT2D eigenvalue weighted by Gasteiger charge is 2.60. The summed E-state index contributed by atoms with van der Waals surface area (Å²) in [4.78, 5) is 7.98. The standard InChI is InChI=1S/C22H14F5N5O2.2C2H6/c1-11(33)12-2-4-13(5-3-12)15-8-17(21(23,24)22(25,26)27)30-19-14(15)6-7-18-29-16(9-32(18)19)20-31-28-10-34-20;2*1-2/h2-11,33H,1H3;2*1-2H3. The Bertz CT molecular complexity index is 1500. The van der Waals surface area contributed by atoms with Crippen LogP contribution in [0, 0.1) is 0 Å². The van der Waals surface area contributed by atoms with E-state index >= 15 is 0 Å². The maximum absolute atomic E-state index is 14.4. The Hall–Kier alpha value is -3.93. The SMILES string of the molecule is CC.CC.CC(O)c1ccc(-c2cc(C(F)(F)C(F)(F)F)nc3c2ccc2nc(-c4nnco4)cn23)cc1. The minimum Gasteiger partial charge on any atom is -0.422 e. The van der Waals surface area contributed by atoms with Gasteiger partial charge in [-0.1, -0.05) is 52.0 Å². The monoisotopic (exact) mass is 535 g/mol. The van der Waals surface area contributed by atoms with E-state index in [1.54, 1.807) is 25.1 Å². The molecule has 5 rings (SSSR count). The van der Waals surface area contributed by atoms with Crippen LogP contribution in [0.25, 0.3) is 39.4 Å². The van der Waals surface area contributed by atoms with E-state index in [-0.39, 0.29) is 28.4 Å². The van der Waals surface area contributed by atoms with Gasteiger partial charge in [0, 0.05) is 11.6 Å². The number of aliphatic hydroxyl groups excluding tert-OH is 1. The molecule has 1 aromatic carbocycles. The summed E-state index contributed by atoms with van der Waals surface area (Å²) in [7, 11) is 0. The van der Waals surface area contributed by atoms with Gasteiger partial charge in [0.1, 0.15) is 22.7 Å². The van der Waals surface area contributed by atoms with Crippen molar-refractivity contribution in [1.82, 2.24) is 24.6 Å². The Kier molecular flexibility index (Phi) is 8.45. The molecule has 7 nitrogen and oxygen atoms in total. The molecule has 0 bridgehead atoms. The number of aromatic nitrogens is 5. The Balaban J connectivity index is 0.000000956. The third-order valence-corrected chi connectivity index (χ3v) is 5.36. The lowest BCUT2D eigenvalue weighted by Crippen LogP contribution is -2.34. The van der Waals surface area contributed by atoms with Gasteiger partial charge in [-0.15, -0.1) is 10.2 Å². The van der Waals surface area contributed by atoms with Gasteiger partial charge in [0.05, 0.1) is 6.10 Å².